The van der Waals surface area contributed by atoms with Crippen LogP contribution in [0, 0.1) is 13.8 Å². The van der Waals surface area contributed by atoms with Crippen molar-refractivity contribution in [3.05, 3.63) is 63.9 Å². The Kier molecular flexibility index (Phi) is 5.38. The van der Waals surface area contributed by atoms with Crippen LogP contribution in [0.25, 0.3) is 0 Å². The summed E-state index contributed by atoms with van der Waals surface area (Å²) in [5, 5.41) is 0.784. The fraction of sp³-hybridized carbons (Fsp3) is 0.389. The van der Waals surface area contributed by atoms with Gasteiger partial charge < -0.3 is 4.90 Å². The lowest BCUT2D eigenvalue weighted by Gasteiger charge is -2.21. The Balaban J connectivity index is 2.37. The zero-order chi connectivity index (χ0) is 15.4. The third-order valence-electron chi connectivity index (χ3n) is 3.64. The summed E-state index contributed by atoms with van der Waals surface area (Å²) in [4.78, 5) is 6.71. The number of halogens is 1. The number of hydrogen-bond acceptors (Lipinski definition) is 2. The standard InChI is InChI=1S/C18H23ClN2/c1-13-11-16(12-14(2)20-13)18(9-10-21(3)4)15-5-7-17(19)8-6-15/h5-8,11-12,18H,9-10H2,1-4H3. The summed E-state index contributed by atoms with van der Waals surface area (Å²) >= 11 is 6.02. The normalized spacial score (nSPS) is 12.7. The van der Waals surface area contributed by atoms with E-state index in [0.29, 0.717) is 5.92 Å². The second kappa shape index (κ2) is 7.06. The molecule has 3 heteroatoms. The fourth-order valence-corrected chi connectivity index (χ4v) is 2.80. The molecule has 1 aromatic carbocycles. The lowest BCUT2D eigenvalue weighted by molar-refractivity contribution is 0.390. The van der Waals surface area contributed by atoms with Crippen molar-refractivity contribution < 1.29 is 0 Å². The molecule has 0 N–H and O–H groups in total. The lowest BCUT2D eigenvalue weighted by atomic mass is 9.88. The second-order valence-electron chi connectivity index (χ2n) is 5.88. The Morgan fingerprint density at radius 1 is 1.00 bits per heavy atom. The zero-order valence-corrected chi connectivity index (χ0v) is 14.0. The number of pyridine rings is 1. The van der Waals surface area contributed by atoms with Crippen molar-refractivity contribution in [3.8, 4) is 0 Å². The van der Waals surface area contributed by atoms with Gasteiger partial charge in [-0.2, -0.15) is 0 Å². The molecule has 2 nitrogen and oxygen atoms in total. The predicted molar refractivity (Wildman–Crippen MR) is 90.2 cm³/mol. The van der Waals surface area contributed by atoms with Crippen LogP contribution in [0.2, 0.25) is 5.02 Å². The highest BCUT2D eigenvalue weighted by atomic mass is 35.5. The van der Waals surface area contributed by atoms with Gasteiger partial charge in [0.25, 0.3) is 0 Å². The molecular weight excluding hydrogens is 280 g/mol. The van der Waals surface area contributed by atoms with Crippen LogP contribution in [-0.2, 0) is 0 Å². The largest absolute Gasteiger partial charge is 0.309 e. The highest BCUT2D eigenvalue weighted by Crippen LogP contribution is 2.29. The van der Waals surface area contributed by atoms with E-state index in [2.05, 4.69) is 62.1 Å². The van der Waals surface area contributed by atoms with Crippen molar-refractivity contribution in [2.45, 2.75) is 26.2 Å². The van der Waals surface area contributed by atoms with Gasteiger partial charge in [-0.15, -0.1) is 0 Å². The van der Waals surface area contributed by atoms with Crippen LogP contribution in [0.3, 0.4) is 0 Å². The van der Waals surface area contributed by atoms with Gasteiger partial charge in [0.15, 0.2) is 0 Å². The average Bonchev–Trinajstić information content (AvgIpc) is 2.39. The summed E-state index contributed by atoms with van der Waals surface area (Å²) in [5.41, 5.74) is 4.80. The smallest absolute Gasteiger partial charge is 0.0406 e. The minimum atomic E-state index is 0.380. The molecule has 0 aliphatic carbocycles. The summed E-state index contributed by atoms with van der Waals surface area (Å²) in [5.74, 6) is 0.380. The maximum atomic E-state index is 6.02. The molecule has 1 aromatic heterocycles. The summed E-state index contributed by atoms with van der Waals surface area (Å²) in [6.45, 7) is 5.16. The Morgan fingerprint density at radius 2 is 1.57 bits per heavy atom. The molecule has 0 fully saturated rings. The molecule has 0 radical (unpaired) electrons. The third-order valence-corrected chi connectivity index (χ3v) is 3.90. The van der Waals surface area contributed by atoms with Crippen molar-refractivity contribution in [2.24, 2.45) is 0 Å². The maximum Gasteiger partial charge on any atom is 0.0406 e. The number of aromatic nitrogens is 1. The number of nitrogens with zero attached hydrogens (tertiary/aromatic N) is 2. The minimum Gasteiger partial charge on any atom is -0.309 e. The van der Waals surface area contributed by atoms with Gasteiger partial charge in [0.1, 0.15) is 0 Å². The monoisotopic (exact) mass is 302 g/mol. The topological polar surface area (TPSA) is 16.1 Å². The number of hydrogen-bond donors (Lipinski definition) is 0. The highest BCUT2D eigenvalue weighted by molar-refractivity contribution is 6.30. The average molecular weight is 303 g/mol. The molecule has 1 atom stereocenters. The third kappa shape index (κ3) is 4.55. The van der Waals surface area contributed by atoms with Crippen LogP contribution in [0.15, 0.2) is 36.4 Å². The van der Waals surface area contributed by atoms with Crippen molar-refractivity contribution in [3.63, 3.8) is 0 Å². The molecule has 112 valence electrons. The number of rotatable bonds is 5. The molecule has 0 aliphatic rings. The molecule has 0 saturated heterocycles. The molecular formula is C18H23ClN2. The van der Waals surface area contributed by atoms with Crippen molar-refractivity contribution in [1.29, 1.82) is 0 Å². The van der Waals surface area contributed by atoms with E-state index in [1.165, 1.54) is 11.1 Å². The molecule has 0 amide bonds. The van der Waals surface area contributed by atoms with Crippen LogP contribution < -0.4 is 0 Å². The van der Waals surface area contributed by atoms with Gasteiger partial charge in [-0.3, -0.25) is 4.98 Å². The van der Waals surface area contributed by atoms with Crippen LogP contribution >= 0.6 is 11.6 Å². The van der Waals surface area contributed by atoms with Gasteiger partial charge in [-0.05, 0) is 76.3 Å². The van der Waals surface area contributed by atoms with Crippen LogP contribution in [0.4, 0.5) is 0 Å². The first kappa shape index (κ1) is 16.0. The first-order valence-electron chi connectivity index (χ1n) is 7.31. The van der Waals surface area contributed by atoms with Crippen LogP contribution in [0.5, 0.6) is 0 Å². The summed E-state index contributed by atoms with van der Waals surface area (Å²) in [6.07, 6.45) is 1.08. The van der Waals surface area contributed by atoms with E-state index in [-0.39, 0.29) is 0 Å². The van der Waals surface area contributed by atoms with Gasteiger partial charge in [0, 0.05) is 22.3 Å². The molecule has 0 saturated carbocycles. The van der Waals surface area contributed by atoms with Gasteiger partial charge in [-0.1, -0.05) is 23.7 Å². The first-order valence-corrected chi connectivity index (χ1v) is 7.69. The minimum absolute atomic E-state index is 0.380. The molecule has 0 spiro atoms. The van der Waals surface area contributed by atoms with E-state index in [1.807, 2.05) is 12.1 Å². The van der Waals surface area contributed by atoms with E-state index in [1.54, 1.807) is 0 Å². The fourth-order valence-electron chi connectivity index (χ4n) is 2.68. The Bertz CT molecular complexity index is 570. The highest BCUT2D eigenvalue weighted by Gasteiger charge is 2.15. The van der Waals surface area contributed by atoms with Gasteiger partial charge in [-0.25, -0.2) is 0 Å². The Labute approximate surface area is 132 Å². The van der Waals surface area contributed by atoms with E-state index in [4.69, 9.17) is 11.6 Å². The summed E-state index contributed by atoms with van der Waals surface area (Å²) in [6, 6.07) is 12.6. The molecule has 1 unspecified atom stereocenters. The molecule has 0 aliphatic heterocycles. The van der Waals surface area contributed by atoms with Gasteiger partial charge in [0.05, 0.1) is 0 Å². The summed E-state index contributed by atoms with van der Waals surface area (Å²) < 4.78 is 0. The molecule has 0 bridgehead atoms. The number of aryl methyl sites for hydroxylation is 2. The SMILES string of the molecule is Cc1cc(C(CCN(C)C)c2ccc(Cl)cc2)cc(C)n1. The molecule has 2 rings (SSSR count). The zero-order valence-electron chi connectivity index (χ0n) is 13.2. The van der Waals surface area contributed by atoms with Gasteiger partial charge in [0.2, 0.25) is 0 Å². The van der Waals surface area contributed by atoms with E-state index in [9.17, 15) is 0 Å². The van der Waals surface area contributed by atoms with E-state index >= 15 is 0 Å². The van der Waals surface area contributed by atoms with Crippen molar-refractivity contribution in [1.82, 2.24) is 9.88 Å². The lowest BCUT2D eigenvalue weighted by Crippen LogP contribution is -2.17. The van der Waals surface area contributed by atoms with Crippen LogP contribution in [-0.4, -0.2) is 30.5 Å². The van der Waals surface area contributed by atoms with Crippen molar-refractivity contribution >= 4 is 11.6 Å². The maximum absolute atomic E-state index is 6.02. The van der Waals surface area contributed by atoms with E-state index in [0.717, 1.165) is 29.4 Å². The molecule has 1 heterocycles. The Hall–Kier alpha value is -1.38. The molecule has 2 aromatic rings. The Morgan fingerprint density at radius 3 is 2.10 bits per heavy atom. The summed E-state index contributed by atoms with van der Waals surface area (Å²) in [7, 11) is 4.23. The first-order chi connectivity index (χ1) is 9.95. The molecule has 21 heavy (non-hydrogen) atoms. The van der Waals surface area contributed by atoms with Crippen molar-refractivity contribution in [2.75, 3.05) is 20.6 Å². The number of benzene rings is 1. The quantitative estimate of drug-likeness (QED) is 0.812. The van der Waals surface area contributed by atoms with Gasteiger partial charge >= 0.3 is 0 Å². The van der Waals surface area contributed by atoms with E-state index < -0.39 is 0 Å². The second-order valence-corrected chi connectivity index (χ2v) is 6.32. The predicted octanol–water partition coefficient (Wildman–Crippen LogP) is 4.44. The van der Waals surface area contributed by atoms with Crippen LogP contribution in [0.1, 0.15) is 34.9 Å².